The van der Waals surface area contributed by atoms with Gasteiger partial charge >= 0.3 is 0 Å². The minimum Gasteiger partial charge on any atom is -0.310 e. The Morgan fingerprint density at radius 3 is 1.75 bits per heavy atom. The van der Waals surface area contributed by atoms with Crippen LogP contribution in [-0.2, 0) is 0 Å². The Labute approximate surface area is 25.1 Å². The Morgan fingerprint density at radius 2 is 1.75 bits per heavy atom. The molecular formula is C3H5N. The first-order chi connectivity index (χ1) is 1.89. The molecule has 0 saturated heterocycles. The van der Waals surface area contributed by atoms with Crippen LogP contribution in [0.2, 0.25) is 0 Å². The highest BCUT2D eigenvalue weighted by molar-refractivity contribution is 5.95. The quantitative estimate of drug-likeness (QED) is 0.423. The normalized spacial score (nSPS) is 21.5. The Morgan fingerprint density at radius 1 is 1.50 bits per heavy atom. The summed E-state index contributed by atoms with van der Waals surface area (Å²) in [6.45, 7) is 0. The van der Waals surface area contributed by atoms with Crippen LogP contribution in [0.1, 0.15) is 12.8 Å². The summed E-state index contributed by atoms with van der Waals surface area (Å²) in [6, 6.07) is 0. The molecule has 0 aliphatic heterocycles. The molecular weight excluding hydrogens is 50.0 g/mol. The van der Waals surface area contributed by atoms with Gasteiger partial charge in [0, 0.05) is 5.71 Å². The smallest absolute Gasteiger partial charge is 0.00966 e. The molecule has 4 heavy (non-hydrogen) atoms. The molecule has 1 aliphatic rings. The van der Waals surface area contributed by atoms with Crippen LogP contribution < -0.4 is 0 Å². The van der Waals surface area contributed by atoms with Crippen molar-refractivity contribution in [2.24, 2.45) is 0 Å². The first-order valence-corrected chi connectivity index (χ1v) is 1.46. The van der Waals surface area contributed by atoms with Gasteiger partial charge in [0.1, 0.15) is 0 Å². The maximum Gasteiger partial charge on any atom is 0.00966 e. The molecule has 1 nitrogen and oxygen atoms in total. The van der Waals surface area contributed by atoms with Crippen LogP contribution in [0, 0.1) is 5.41 Å². The van der Waals surface area contributed by atoms with E-state index in [2.05, 4.69) is 0 Å². The molecule has 1 rings (SSSR count). The molecule has 22 valence electrons. The fourth-order valence-electron chi connectivity index (χ4n) is 0.0625. The maximum absolute atomic E-state index is 6.61. The third kappa shape index (κ3) is 0.105. The van der Waals surface area contributed by atoms with Crippen LogP contribution in [-0.4, -0.2) is 5.71 Å². The predicted octanol–water partition coefficient (Wildman–Crippen LogP) is 0.800. The SMILES string of the molecule is N=C1CC1. The molecule has 0 aromatic rings. The van der Waals surface area contributed by atoms with E-state index in [1.54, 1.807) is 0 Å². The van der Waals surface area contributed by atoms with Crippen LogP contribution in [0.15, 0.2) is 0 Å². The zero-order valence-electron chi connectivity index (χ0n) is 2.41. The van der Waals surface area contributed by atoms with E-state index < -0.39 is 0 Å². The highest BCUT2D eigenvalue weighted by Crippen LogP contribution is 2.09. The van der Waals surface area contributed by atoms with E-state index in [1.165, 1.54) is 0 Å². The molecule has 0 amide bonds. The van der Waals surface area contributed by atoms with Crippen LogP contribution in [0.3, 0.4) is 0 Å². The molecule has 0 bridgehead atoms. The van der Waals surface area contributed by atoms with Crippen LogP contribution >= 0.6 is 0 Å². The van der Waals surface area contributed by atoms with Crippen LogP contribution in [0.25, 0.3) is 0 Å². The second-order valence-electron chi connectivity index (χ2n) is 1.10. The van der Waals surface area contributed by atoms with Crippen LogP contribution in [0.4, 0.5) is 0 Å². The van der Waals surface area contributed by atoms with Gasteiger partial charge in [0.15, 0.2) is 0 Å². The lowest BCUT2D eigenvalue weighted by molar-refractivity contribution is 1.50. The van der Waals surface area contributed by atoms with Crippen LogP contribution in [0.5, 0.6) is 0 Å². The largest absolute Gasteiger partial charge is 0.310 e. The van der Waals surface area contributed by atoms with Crippen molar-refractivity contribution in [3.63, 3.8) is 0 Å². The molecule has 0 spiro atoms. The van der Waals surface area contributed by atoms with E-state index in [1.807, 2.05) is 0 Å². The average molecular weight is 55.1 g/mol. The van der Waals surface area contributed by atoms with Crippen molar-refractivity contribution in [1.82, 2.24) is 0 Å². The zero-order valence-corrected chi connectivity index (χ0v) is 2.41. The van der Waals surface area contributed by atoms with E-state index in [9.17, 15) is 0 Å². The zero-order chi connectivity index (χ0) is 2.99. The number of hydrogen-bond acceptors (Lipinski definition) is 1. The van der Waals surface area contributed by atoms with Crippen molar-refractivity contribution in [2.75, 3.05) is 0 Å². The van der Waals surface area contributed by atoms with Gasteiger partial charge in [-0.25, -0.2) is 0 Å². The fourth-order valence-corrected chi connectivity index (χ4v) is 0.0625. The van der Waals surface area contributed by atoms with Gasteiger partial charge in [0.05, 0.1) is 0 Å². The summed E-state index contributed by atoms with van der Waals surface area (Å²) >= 11 is 0. The van der Waals surface area contributed by atoms with E-state index in [-0.39, 0.29) is 0 Å². The van der Waals surface area contributed by atoms with Gasteiger partial charge in [-0.15, -0.1) is 0 Å². The molecule has 0 atom stereocenters. The van der Waals surface area contributed by atoms with E-state index in [4.69, 9.17) is 5.41 Å². The topological polar surface area (TPSA) is 23.9 Å². The molecule has 1 N–H and O–H groups in total. The number of rotatable bonds is 0. The lowest BCUT2D eigenvalue weighted by Gasteiger charge is -1.34. The Bertz CT molecular complexity index is 41.2. The number of nitrogens with one attached hydrogen (secondary N) is 1. The third-order valence-corrected chi connectivity index (χ3v) is 0.500. The van der Waals surface area contributed by atoms with Crippen molar-refractivity contribution in [2.45, 2.75) is 12.8 Å². The van der Waals surface area contributed by atoms with Crippen molar-refractivity contribution in [3.8, 4) is 0 Å². The minimum absolute atomic E-state index is 0.917. The van der Waals surface area contributed by atoms with Crippen molar-refractivity contribution >= 4 is 5.71 Å². The van der Waals surface area contributed by atoms with Crippen molar-refractivity contribution < 1.29 is 0 Å². The number of hydrogen-bond donors (Lipinski definition) is 1. The Kier molecular flexibility index (Phi) is 0.166. The standard InChI is InChI=1S/C3H5N/c4-3-1-2-3/h4H,1-2H2. The van der Waals surface area contributed by atoms with Gasteiger partial charge in [-0.3, -0.25) is 0 Å². The summed E-state index contributed by atoms with van der Waals surface area (Å²) in [7, 11) is 0. The van der Waals surface area contributed by atoms with Crippen molar-refractivity contribution in [3.05, 3.63) is 0 Å². The second-order valence-corrected chi connectivity index (χ2v) is 1.10. The van der Waals surface area contributed by atoms with Gasteiger partial charge in [-0.05, 0) is 12.8 Å². The van der Waals surface area contributed by atoms with Gasteiger partial charge < -0.3 is 5.41 Å². The second kappa shape index (κ2) is 0.341. The molecule has 0 unspecified atom stereocenters. The fraction of sp³-hybridized carbons (Fsp3) is 0.667. The summed E-state index contributed by atoms with van der Waals surface area (Å²) < 4.78 is 0. The third-order valence-electron chi connectivity index (χ3n) is 0.500. The lowest BCUT2D eigenvalue weighted by atomic mass is 10.9. The summed E-state index contributed by atoms with van der Waals surface area (Å²) in [6.07, 6.45) is 2.14. The summed E-state index contributed by atoms with van der Waals surface area (Å²) in [5.41, 5.74) is 0.917. The van der Waals surface area contributed by atoms with Gasteiger partial charge in [-0.2, -0.15) is 0 Å². The molecule has 1 aliphatic carbocycles. The van der Waals surface area contributed by atoms with E-state index in [0.717, 1.165) is 18.6 Å². The van der Waals surface area contributed by atoms with E-state index >= 15 is 0 Å². The predicted molar refractivity (Wildman–Crippen MR) is 17.0 cm³/mol. The Hall–Kier alpha value is -0.330. The molecule has 0 aromatic heterocycles. The summed E-state index contributed by atoms with van der Waals surface area (Å²) in [4.78, 5) is 0. The monoisotopic (exact) mass is 55.0 g/mol. The first kappa shape index (κ1) is 1.94. The van der Waals surface area contributed by atoms with Gasteiger partial charge in [0.2, 0.25) is 0 Å². The average Bonchev–Trinajstić information content (AvgIpc) is 1.75. The maximum atomic E-state index is 6.61. The lowest BCUT2D eigenvalue weighted by Crippen LogP contribution is -1.40. The first-order valence-electron chi connectivity index (χ1n) is 1.46. The molecule has 0 heterocycles. The highest BCUT2D eigenvalue weighted by atomic mass is 14.5. The highest BCUT2D eigenvalue weighted by Gasteiger charge is 2.07. The van der Waals surface area contributed by atoms with Crippen molar-refractivity contribution in [1.29, 1.82) is 5.41 Å². The van der Waals surface area contributed by atoms with E-state index in [0.29, 0.717) is 0 Å². The molecule has 1 saturated carbocycles. The molecule has 1 heteroatoms. The van der Waals surface area contributed by atoms with Gasteiger partial charge in [0.25, 0.3) is 0 Å². The van der Waals surface area contributed by atoms with Gasteiger partial charge in [-0.1, -0.05) is 0 Å². The summed E-state index contributed by atoms with van der Waals surface area (Å²) in [5, 5.41) is 6.61. The molecule has 1 fully saturated rings. The summed E-state index contributed by atoms with van der Waals surface area (Å²) in [5.74, 6) is 0. The minimum atomic E-state index is 0.917. The molecule has 0 radical (unpaired) electrons. The Balaban J connectivity index is 2.60. The molecule has 0 aromatic carbocycles.